The molecule has 0 atom stereocenters. The van der Waals surface area contributed by atoms with Crippen molar-refractivity contribution in [1.82, 2.24) is 10.3 Å². The minimum absolute atomic E-state index is 0.0943. The van der Waals surface area contributed by atoms with Crippen LogP contribution in [0.5, 0.6) is 0 Å². The highest BCUT2D eigenvalue weighted by molar-refractivity contribution is 7.92. The molecule has 11 nitrogen and oxygen atoms in total. The Morgan fingerprint density at radius 2 is 1.90 bits per heavy atom. The average molecular weight is 594 g/mol. The van der Waals surface area contributed by atoms with Crippen molar-refractivity contribution in [3.63, 3.8) is 0 Å². The number of anilines is 1. The summed E-state index contributed by atoms with van der Waals surface area (Å²) in [5, 5.41) is 3.22. The van der Waals surface area contributed by atoms with E-state index in [-0.39, 0.29) is 35.7 Å². The molecule has 2 aromatic heterocycles. The molecule has 2 aliphatic rings. The Bertz CT molecular complexity index is 1660. The van der Waals surface area contributed by atoms with Gasteiger partial charge in [0.05, 0.1) is 17.2 Å². The summed E-state index contributed by atoms with van der Waals surface area (Å²) in [6.07, 6.45) is 5.52. The lowest BCUT2D eigenvalue weighted by Gasteiger charge is -2.34. The normalized spacial score (nSPS) is 16.5. The lowest BCUT2D eigenvalue weighted by atomic mass is 9.73. The highest BCUT2D eigenvalue weighted by Crippen LogP contribution is 2.47. The maximum Gasteiger partial charge on any atom is 0.323 e. The van der Waals surface area contributed by atoms with Crippen LogP contribution >= 0.6 is 0 Å². The monoisotopic (exact) mass is 593 g/mol. The topological polar surface area (TPSA) is 155 Å². The van der Waals surface area contributed by atoms with Crippen molar-refractivity contribution in [2.45, 2.75) is 51.4 Å². The third kappa shape index (κ3) is 5.88. The molecule has 1 aliphatic heterocycles. The van der Waals surface area contributed by atoms with Crippen LogP contribution in [0.2, 0.25) is 0 Å². The van der Waals surface area contributed by atoms with Gasteiger partial charge in [-0.05, 0) is 63.0 Å². The smallest absolute Gasteiger partial charge is 0.323 e. The van der Waals surface area contributed by atoms with Gasteiger partial charge in [0.2, 0.25) is 21.5 Å². The molecule has 1 saturated heterocycles. The van der Waals surface area contributed by atoms with Crippen molar-refractivity contribution >= 4 is 44.8 Å². The van der Waals surface area contributed by atoms with Gasteiger partial charge in [-0.15, -0.1) is 0 Å². The number of pyridine rings is 1. The quantitative estimate of drug-likeness (QED) is 0.198. The predicted octanol–water partition coefficient (Wildman–Crippen LogP) is 4.25. The molecule has 5 rings (SSSR count). The molecule has 222 valence electrons. The highest BCUT2D eigenvalue weighted by Gasteiger charge is 2.41. The van der Waals surface area contributed by atoms with E-state index in [1.165, 1.54) is 4.31 Å². The fraction of sp³-hybridized carbons (Fsp3) is 0.467. The van der Waals surface area contributed by atoms with E-state index >= 15 is 0 Å². The number of aromatic nitrogens is 1. The van der Waals surface area contributed by atoms with Gasteiger partial charge >= 0.3 is 6.21 Å². The molecule has 3 aromatic rings. The van der Waals surface area contributed by atoms with Crippen LogP contribution in [0.1, 0.15) is 65.9 Å². The van der Waals surface area contributed by atoms with Gasteiger partial charge in [0, 0.05) is 37.8 Å². The van der Waals surface area contributed by atoms with Gasteiger partial charge in [-0.1, -0.05) is 29.8 Å². The number of hydrogen-bond donors (Lipinski definition) is 1. The van der Waals surface area contributed by atoms with Crippen LogP contribution in [0, 0.1) is 12.3 Å². The Morgan fingerprint density at radius 3 is 2.50 bits per heavy atom. The molecule has 2 fully saturated rings. The maximum absolute atomic E-state index is 13.2. The summed E-state index contributed by atoms with van der Waals surface area (Å²) in [7, 11) is -2.22. The molecule has 1 aromatic carbocycles. The summed E-state index contributed by atoms with van der Waals surface area (Å²) in [5.41, 5.74) is 11.2. The summed E-state index contributed by atoms with van der Waals surface area (Å²) in [6, 6.07) is 9.46. The van der Waals surface area contributed by atoms with Gasteiger partial charge < -0.3 is 20.0 Å². The number of Topliss-reactive ketones (excluding diaryl/α,β-unsaturated/α-hetero) is 1. The lowest BCUT2D eigenvalue weighted by Crippen LogP contribution is -2.39. The third-order valence-electron chi connectivity index (χ3n) is 8.28. The zero-order valence-electron chi connectivity index (χ0n) is 24.1. The van der Waals surface area contributed by atoms with Gasteiger partial charge in [0.25, 0.3) is 5.91 Å². The van der Waals surface area contributed by atoms with E-state index < -0.39 is 15.4 Å². The first-order chi connectivity index (χ1) is 20.1. The van der Waals surface area contributed by atoms with Crippen LogP contribution in [0.3, 0.4) is 0 Å². The third-order valence-corrected chi connectivity index (χ3v) is 9.43. The fourth-order valence-corrected chi connectivity index (χ4v) is 6.66. The molecular weight excluding hydrogens is 558 g/mol. The molecule has 0 radical (unpaired) electrons. The first-order valence-corrected chi connectivity index (χ1v) is 16.0. The number of amides is 1. The SMILES string of the molecule is CNC(=O)c1c(-c2ccc(C)cc2)oc2nc(N(CCCC3(C(=O)C=[N+]=[N-])CCOCC3)S(C)(=O)=O)c(C3CC3)cc12. The van der Waals surface area contributed by atoms with Crippen molar-refractivity contribution in [3.8, 4) is 11.3 Å². The maximum atomic E-state index is 13.2. The molecule has 0 unspecified atom stereocenters. The number of nitrogens with zero attached hydrogens (tertiary/aromatic N) is 4. The number of sulfonamides is 1. The number of carbonyl (C=O) groups is 2. The fourth-order valence-electron chi connectivity index (χ4n) is 5.74. The molecule has 1 aliphatic carbocycles. The van der Waals surface area contributed by atoms with Crippen LogP contribution in [0.4, 0.5) is 5.82 Å². The molecule has 42 heavy (non-hydrogen) atoms. The second kappa shape index (κ2) is 11.8. The minimum Gasteiger partial charge on any atom is -0.437 e. The van der Waals surface area contributed by atoms with Crippen molar-refractivity contribution in [2.75, 3.05) is 37.4 Å². The molecule has 0 spiro atoms. The number of nitrogens with one attached hydrogen (secondary N) is 1. The number of aryl methyl sites for hydroxylation is 1. The molecule has 0 bridgehead atoms. The summed E-state index contributed by atoms with van der Waals surface area (Å²) in [5.74, 6) is 0.147. The molecule has 1 N–H and O–H groups in total. The van der Waals surface area contributed by atoms with E-state index in [0.717, 1.165) is 36.4 Å². The standard InChI is InChI=1S/C30H35N5O6S/c1-19-5-7-21(8-6-19)26-25(28(37)32-2)23-17-22(20-9-10-20)27(34-29(23)41-26)35(42(3,38)39)14-4-11-30(24(36)18-33-31)12-15-40-16-13-30/h5-8,17-18,20H,4,9-16H2,1-3H3,(H,32,37). The molecular formula is C30H35N5O6S. The van der Waals surface area contributed by atoms with E-state index in [9.17, 15) is 18.0 Å². The Balaban J connectivity index is 1.56. The number of furan rings is 1. The average Bonchev–Trinajstić information content (AvgIpc) is 3.75. The van der Waals surface area contributed by atoms with E-state index in [1.54, 1.807) is 7.05 Å². The number of hydrogen-bond acceptors (Lipinski definition) is 7. The summed E-state index contributed by atoms with van der Waals surface area (Å²) in [6.45, 7) is 2.87. The van der Waals surface area contributed by atoms with Gasteiger partial charge in [-0.3, -0.25) is 13.9 Å². The first kappa shape index (κ1) is 29.6. The second-order valence-electron chi connectivity index (χ2n) is 11.2. The van der Waals surface area contributed by atoms with Crippen LogP contribution in [0.15, 0.2) is 34.7 Å². The Morgan fingerprint density at radius 1 is 1.21 bits per heavy atom. The number of ketones is 1. The van der Waals surface area contributed by atoms with Crippen LogP contribution in [-0.4, -0.2) is 69.2 Å². The van der Waals surface area contributed by atoms with E-state index in [2.05, 4.69) is 10.1 Å². The van der Waals surface area contributed by atoms with Gasteiger partial charge in [-0.2, -0.15) is 9.77 Å². The molecule has 3 heterocycles. The van der Waals surface area contributed by atoms with E-state index in [4.69, 9.17) is 19.7 Å². The number of fused-ring (bicyclic) bond motifs is 1. The summed E-state index contributed by atoms with van der Waals surface area (Å²) >= 11 is 0. The second-order valence-corrected chi connectivity index (χ2v) is 13.1. The number of rotatable bonds is 11. The number of carbonyl (C=O) groups excluding carboxylic acids is 2. The van der Waals surface area contributed by atoms with Crippen molar-refractivity contribution in [1.29, 1.82) is 0 Å². The van der Waals surface area contributed by atoms with Crippen molar-refractivity contribution in [2.24, 2.45) is 5.41 Å². The number of benzene rings is 1. The summed E-state index contributed by atoms with van der Waals surface area (Å²) < 4.78 is 39.3. The van der Waals surface area contributed by atoms with Gasteiger partial charge in [0.15, 0.2) is 0 Å². The van der Waals surface area contributed by atoms with Crippen LogP contribution < -0.4 is 9.62 Å². The van der Waals surface area contributed by atoms with Gasteiger partial charge in [0.1, 0.15) is 11.6 Å². The van der Waals surface area contributed by atoms with Crippen molar-refractivity contribution in [3.05, 3.63) is 52.6 Å². The Hall–Kier alpha value is -3.86. The zero-order chi connectivity index (χ0) is 30.1. The lowest BCUT2D eigenvalue weighted by molar-refractivity contribution is -0.131. The molecule has 1 saturated carbocycles. The van der Waals surface area contributed by atoms with Gasteiger partial charge in [-0.25, -0.2) is 8.42 Å². The zero-order valence-corrected chi connectivity index (χ0v) is 24.9. The van der Waals surface area contributed by atoms with Crippen LogP contribution in [-0.2, 0) is 19.6 Å². The summed E-state index contributed by atoms with van der Waals surface area (Å²) in [4.78, 5) is 33.6. The minimum atomic E-state index is -3.78. The first-order valence-electron chi connectivity index (χ1n) is 14.1. The Kier molecular flexibility index (Phi) is 8.32. The number of ether oxygens (including phenoxy) is 1. The molecule has 12 heteroatoms. The molecule has 1 amide bonds. The van der Waals surface area contributed by atoms with E-state index in [1.807, 2.05) is 37.3 Å². The van der Waals surface area contributed by atoms with Crippen LogP contribution in [0.25, 0.3) is 28.0 Å². The largest absolute Gasteiger partial charge is 0.437 e. The predicted molar refractivity (Wildman–Crippen MR) is 158 cm³/mol. The van der Waals surface area contributed by atoms with E-state index in [0.29, 0.717) is 61.2 Å². The highest BCUT2D eigenvalue weighted by atomic mass is 32.2. The Labute approximate surface area is 244 Å². The van der Waals surface area contributed by atoms with Crippen molar-refractivity contribution < 1.29 is 32.0 Å².